The summed E-state index contributed by atoms with van der Waals surface area (Å²) < 4.78 is 1.67. The lowest BCUT2D eigenvalue weighted by molar-refractivity contribution is 0.0937. The van der Waals surface area contributed by atoms with Crippen molar-refractivity contribution in [2.75, 3.05) is 5.75 Å². The normalized spacial score (nSPS) is 14.1. The van der Waals surface area contributed by atoms with Gasteiger partial charge in [-0.25, -0.2) is 4.98 Å². The SMILES string of the molecule is Cc1ccc(C(=O)CSc2nc3cc(C(=O)NC4CCCC4)ccc3c(=O)n2CCC(C)C)cc1. The molecular formula is C28H33N3O3S. The molecule has 2 aromatic carbocycles. The Morgan fingerprint density at radius 1 is 1.09 bits per heavy atom. The van der Waals surface area contributed by atoms with Crippen LogP contribution in [0.5, 0.6) is 0 Å². The molecule has 184 valence electrons. The predicted molar refractivity (Wildman–Crippen MR) is 141 cm³/mol. The summed E-state index contributed by atoms with van der Waals surface area (Å²) in [5.41, 5.74) is 2.60. The summed E-state index contributed by atoms with van der Waals surface area (Å²) >= 11 is 1.28. The molecule has 0 bridgehead atoms. The summed E-state index contributed by atoms with van der Waals surface area (Å²) in [6, 6.07) is 12.8. The molecule has 0 aliphatic heterocycles. The van der Waals surface area contributed by atoms with Crippen molar-refractivity contribution in [1.82, 2.24) is 14.9 Å². The largest absolute Gasteiger partial charge is 0.349 e. The van der Waals surface area contributed by atoms with E-state index in [9.17, 15) is 14.4 Å². The number of amides is 1. The number of nitrogens with one attached hydrogen (secondary N) is 1. The molecule has 1 aliphatic rings. The fourth-order valence-electron chi connectivity index (χ4n) is 4.33. The van der Waals surface area contributed by atoms with E-state index in [0.717, 1.165) is 37.7 Å². The van der Waals surface area contributed by atoms with Gasteiger partial charge in [0.1, 0.15) is 0 Å². The van der Waals surface area contributed by atoms with Crippen LogP contribution in [0.2, 0.25) is 0 Å². The summed E-state index contributed by atoms with van der Waals surface area (Å²) in [5.74, 6) is 0.467. The number of hydrogen-bond acceptors (Lipinski definition) is 5. The molecule has 1 fully saturated rings. The Labute approximate surface area is 210 Å². The Balaban J connectivity index is 1.63. The lowest BCUT2D eigenvalue weighted by Crippen LogP contribution is -2.32. The van der Waals surface area contributed by atoms with Crippen molar-refractivity contribution >= 4 is 34.4 Å². The second-order valence-corrected chi connectivity index (χ2v) is 10.7. The van der Waals surface area contributed by atoms with Crippen LogP contribution in [0.15, 0.2) is 52.4 Å². The van der Waals surface area contributed by atoms with Gasteiger partial charge in [0, 0.05) is 23.7 Å². The minimum atomic E-state index is -0.135. The van der Waals surface area contributed by atoms with Crippen LogP contribution in [0, 0.1) is 12.8 Å². The maximum atomic E-state index is 13.4. The summed E-state index contributed by atoms with van der Waals surface area (Å²) in [6.07, 6.45) is 5.13. The Hall–Kier alpha value is -2.93. The van der Waals surface area contributed by atoms with Gasteiger partial charge in [0.25, 0.3) is 11.5 Å². The first kappa shape index (κ1) is 25.2. The summed E-state index contributed by atoms with van der Waals surface area (Å²) in [4.78, 5) is 43.7. The lowest BCUT2D eigenvalue weighted by atomic mass is 10.1. The molecule has 0 radical (unpaired) electrons. The third kappa shape index (κ3) is 6.20. The number of carbonyl (C=O) groups excluding carboxylic acids is 2. The van der Waals surface area contributed by atoms with E-state index in [1.807, 2.05) is 31.2 Å². The van der Waals surface area contributed by atoms with Gasteiger partial charge in [-0.05, 0) is 50.3 Å². The fraction of sp³-hybridized carbons (Fsp3) is 0.429. The fourth-order valence-corrected chi connectivity index (χ4v) is 5.25. The van der Waals surface area contributed by atoms with Crippen molar-refractivity contribution in [2.24, 2.45) is 5.92 Å². The van der Waals surface area contributed by atoms with Crippen LogP contribution < -0.4 is 10.9 Å². The first-order valence-corrected chi connectivity index (χ1v) is 13.4. The van der Waals surface area contributed by atoms with Gasteiger partial charge >= 0.3 is 0 Å². The van der Waals surface area contributed by atoms with Crippen molar-refractivity contribution in [3.05, 3.63) is 69.5 Å². The second-order valence-electron chi connectivity index (χ2n) is 9.80. The van der Waals surface area contributed by atoms with Crippen LogP contribution in [-0.2, 0) is 6.54 Å². The van der Waals surface area contributed by atoms with Gasteiger partial charge in [-0.1, -0.05) is 68.3 Å². The number of fused-ring (bicyclic) bond motifs is 1. The summed E-state index contributed by atoms with van der Waals surface area (Å²) in [7, 11) is 0. The molecule has 7 heteroatoms. The number of aromatic nitrogens is 2. The Kier molecular flexibility index (Phi) is 8.06. The minimum absolute atomic E-state index is 0.00977. The molecule has 4 rings (SSSR count). The molecular weight excluding hydrogens is 458 g/mol. The number of hydrogen-bond donors (Lipinski definition) is 1. The van der Waals surface area contributed by atoms with E-state index in [1.165, 1.54) is 11.8 Å². The van der Waals surface area contributed by atoms with Gasteiger partial charge in [-0.15, -0.1) is 0 Å². The number of benzene rings is 2. The van der Waals surface area contributed by atoms with Crippen LogP contribution in [0.25, 0.3) is 10.9 Å². The second kappa shape index (κ2) is 11.2. The van der Waals surface area contributed by atoms with Crippen LogP contribution in [0.3, 0.4) is 0 Å². The molecule has 1 heterocycles. The molecule has 1 N–H and O–H groups in total. The Morgan fingerprint density at radius 2 is 1.77 bits per heavy atom. The van der Waals surface area contributed by atoms with E-state index >= 15 is 0 Å². The molecule has 1 aromatic heterocycles. The molecule has 1 saturated carbocycles. The van der Waals surface area contributed by atoms with Crippen molar-refractivity contribution < 1.29 is 9.59 Å². The van der Waals surface area contributed by atoms with E-state index in [2.05, 4.69) is 19.2 Å². The first-order valence-electron chi connectivity index (χ1n) is 12.4. The lowest BCUT2D eigenvalue weighted by Gasteiger charge is -2.15. The average Bonchev–Trinajstić information content (AvgIpc) is 3.35. The predicted octanol–water partition coefficient (Wildman–Crippen LogP) is 5.40. The van der Waals surface area contributed by atoms with Gasteiger partial charge in [0.05, 0.1) is 16.7 Å². The van der Waals surface area contributed by atoms with Gasteiger partial charge in [0.2, 0.25) is 0 Å². The van der Waals surface area contributed by atoms with Gasteiger partial charge < -0.3 is 5.32 Å². The molecule has 35 heavy (non-hydrogen) atoms. The Bertz CT molecular complexity index is 1280. The van der Waals surface area contributed by atoms with Crippen molar-refractivity contribution in [3.8, 4) is 0 Å². The zero-order chi connectivity index (χ0) is 24.9. The number of thioether (sulfide) groups is 1. The molecule has 3 aromatic rings. The smallest absolute Gasteiger partial charge is 0.262 e. The Morgan fingerprint density at radius 3 is 2.46 bits per heavy atom. The third-order valence-corrected chi connectivity index (χ3v) is 7.49. The topological polar surface area (TPSA) is 81.1 Å². The van der Waals surface area contributed by atoms with Gasteiger partial charge in [0.15, 0.2) is 10.9 Å². The quantitative estimate of drug-likeness (QED) is 0.246. The highest BCUT2D eigenvalue weighted by molar-refractivity contribution is 7.99. The average molecular weight is 492 g/mol. The van der Waals surface area contributed by atoms with Gasteiger partial charge in [-0.3, -0.25) is 19.0 Å². The molecule has 0 unspecified atom stereocenters. The molecule has 1 aliphatic carbocycles. The monoisotopic (exact) mass is 491 g/mol. The van der Waals surface area contributed by atoms with E-state index in [0.29, 0.717) is 39.6 Å². The molecule has 6 nitrogen and oxygen atoms in total. The number of carbonyl (C=O) groups is 2. The standard InChI is InChI=1S/C28H33N3O3S/c1-18(2)14-15-31-27(34)23-13-12-21(26(33)29-22-6-4-5-7-22)16-24(23)30-28(31)35-17-25(32)20-10-8-19(3)9-11-20/h8-13,16,18,22H,4-7,14-15,17H2,1-3H3,(H,29,33). The molecule has 0 spiro atoms. The van der Waals surface area contributed by atoms with Crippen LogP contribution >= 0.6 is 11.8 Å². The maximum absolute atomic E-state index is 13.4. The molecule has 1 amide bonds. The van der Waals surface area contributed by atoms with Crippen LogP contribution in [0.1, 0.15) is 72.2 Å². The highest BCUT2D eigenvalue weighted by Crippen LogP contribution is 2.22. The minimum Gasteiger partial charge on any atom is -0.349 e. The van der Waals surface area contributed by atoms with E-state index < -0.39 is 0 Å². The molecule has 0 atom stereocenters. The highest BCUT2D eigenvalue weighted by Gasteiger charge is 2.20. The van der Waals surface area contributed by atoms with Crippen molar-refractivity contribution in [2.45, 2.75) is 70.6 Å². The number of nitrogens with zero attached hydrogens (tertiary/aromatic N) is 2. The number of Topliss-reactive ketones (excluding diaryl/α,β-unsaturated/α-hetero) is 1. The maximum Gasteiger partial charge on any atom is 0.262 e. The number of ketones is 1. The number of aryl methyl sites for hydroxylation is 1. The third-order valence-electron chi connectivity index (χ3n) is 6.51. The van der Waals surface area contributed by atoms with Crippen molar-refractivity contribution in [3.63, 3.8) is 0 Å². The van der Waals surface area contributed by atoms with Crippen LogP contribution in [-0.4, -0.2) is 33.0 Å². The highest BCUT2D eigenvalue weighted by atomic mass is 32.2. The number of rotatable bonds is 9. The summed E-state index contributed by atoms with van der Waals surface area (Å²) in [6.45, 7) is 6.74. The molecule has 0 saturated heterocycles. The zero-order valence-corrected chi connectivity index (χ0v) is 21.5. The van der Waals surface area contributed by atoms with E-state index in [-0.39, 0.29) is 29.0 Å². The van der Waals surface area contributed by atoms with E-state index in [1.54, 1.807) is 22.8 Å². The first-order chi connectivity index (χ1) is 16.8. The van der Waals surface area contributed by atoms with Gasteiger partial charge in [-0.2, -0.15) is 0 Å². The van der Waals surface area contributed by atoms with Crippen molar-refractivity contribution in [1.29, 1.82) is 0 Å². The van der Waals surface area contributed by atoms with Crippen LogP contribution in [0.4, 0.5) is 0 Å². The van der Waals surface area contributed by atoms with E-state index in [4.69, 9.17) is 4.98 Å². The zero-order valence-electron chi connectivity index (χ0n) is 20.7. The summed E-state index contributed by atoms with van der Waals surface area (Å²) in [5, 5.41) is 4.09.